The molecule has 1 amide bonds. The van der Waals surface area contributed by atoms with E-state index in [1.807, 2.05) is 32.0 Å². The van der Waals surface area contributed by atoms with Gasteiger partial charge >= 0.3 is 5.63 Å². The largest absolute Gasteiger partial charge is 0.483 e. The van der Waals surface area contributed by atoms with Crippen LogP contribution in [0.3, 0.4) is 0 Å². The van der Waals surface area contributed by atoms with Crippen LogP contribution >= 0.6 is 15.9 Å². The van der Waals surface area contributed by atoms with Gasteiger partial charge in [0.05, 0.1) is 0 Å². The zero-order valence-electron chi connectivity index (χ0n) is 14.7. The predicted octanol–water partition coefficient (Wildman–Crippen LogP) is 4.50. The lowest BCUT2D eigenvalue weighted by molar-refractivity contribution is -0.118. The number of anilines is 1. The van der Waals surface area contributed by atoms with E-state index in [0.29, 0.717) is 28.1 Å². The molecule has 0 saturated heterocycles. The predicted molar refractivity (Wildman–Crippen MR) is 105 cm³/mol. The number of ether oxygens (including phenoxy) is 1. The van der Waals surface area contributed by atoms with Crippen LogP contribution in [0.5, 0.6) is 5.75 Å². The summed E-state index contributed by atoms with van der Waals surface area (Å²) in [5, 5.41) is 3.63. The Hall–Kier alpha value is -2.60. The maximum absolute atomic E-state index is 12.1. The number of carbonyl (C=O) groups excluding carboxylic acids is 1. The second-order valence-corrected chi connectivity index (χ2v) is 6.96. The van der Waals surface area contributed by atoms with Crippen molar-refractivity contribution in [1.82, 2.24) is 0 Å². The maximum Gasteiger partial charge on any atom is 0.339 e. The van der Waals surface area contributed by atoms with Gasteiger partial charge in [-0.05, 0) is 62.7 Å². The third kappa shape index (κ3) is 3.65. The summed E-state index contributed by atoms with van der Waals surface area (Å²) in [6.45, 7) is 5.30. The number of fused-ring (bicyclic) bond motifs is 1. The quantitative estimate of drug-likeness (QED) is 0.636. The van der Waals surface area contributed by atoms with Crippen LogP contribution in [0.2, 0.25) is 0 Å². The molecule has 0 aliphatic rings. The first kappa shape index (κ1) is 18.2. The lowest BCUT2D eigenvalue weighted by atomic mass is 10.0. The third-order valence-corrected chi connectivity index (χ3v) is 4.84. The van der Waals surface area contributed by atoms with Crippen molar-refractivity contribution in [3.63, 3.8) is 0 Å². The second-order valence-electron chi connectivity index (χ2n) is 6.05. The highest BCUT2D eigenvalue weighted by molar-refractivity contribution is 9.10. The lowest BCUT2D eigenvalue weighted by Crippen LogP contribution is -2.20. The number of hydrogen-bond acceptors (Lipinski definition) is 4. The molecule has 0 atom stereocenters. The smallest absolute Gasteiger partial charge is 0.339 e. The Balaban J connectivity index is 1.77. The van der Waals surface area contributed by atoms with Crippen molar-refractivity contribution in [3.8, 4) is 5.75 Å². The van der Waals surface area contributed by atoms with Crippen molar-refractivity contribution < 1.29 is 13.9 Å². The van der Waals surface area contributed by atoms with Gasteiger partial charge < -0.3 is 14.5 Å². The molecule has 0 spiro atoms. The Morgan fingerprint density at radius 1 is 1.04 bits per heavy atom. The number of nitrogens with one attached hydrogen (secondary N) is 1. The minimum atomic E-state index is -0.358. The van der Waals surface area contributed by atoms with Crippen LogP contribution in [0.15, 0.2) is 50.1 Å². The molecule has 134 valence electrons. The lowest BCUT2D eigenvalue weighted by Gasteiger charge is -2.12. The van der Waals surface area contributed by atoms with Crippen LogP contribution < -0.4 is 15.7 Å². The van der Waals surface area contributed by atoms with Crippen molar-refractivity contribution in [2.75, 3.05) is 11.9 Å². The summed E-state index contributed by atoms with van der Waals surface area (Å²) >= 11 is 3.35. The molecule has 1 heterocycles. The molecule has 3 aromatic rings. The monoisotopic (exact) mass is 415 g/mol. The number of benzene rings is 2. The van der Waals surface area contributed by atoms with E-state index >= 15 is 0 Å². The molecule has 0 aliphatic carbocycles. The number of carbonyl (C=O) groups is 1. The molecule has 0 fully saturated rings. The molecule has 0 saturated carbocycles. The van der Waals surface area contributed by atoms with Crippen molar-refractivity contribution in [3.05, 3.63) is 68.0 Å². The van der Waals surface area contributed by atoms with Gasteiger partial charge in [0.1, 0.15) is 11.3 Å². The average molecular weight is 416 g/mol. The fourth-order valence-electron chi connectivity index (χ4n) is 2.65. The van der Waals surface area contributed by atoms with E-state index in [2.05, 4.69) is 21.2 Å². The fraction of sp³-hybridized carbons (Fsp3) is 0.200. The molecular formula is C20H18BrNO4. The Labute approximate surface area is 159 Å². The van der Waals surface area contributed by atoms with Gasteiger partial charge in [0, 0.05) is 26.7 Å². The normalized spacial score (nSPS) is 10.8. The second kappa shape index (κ2) is 7.33. The Kier molecular flexibility index (Phi) is 5.13. The molecule has 0 radical (unpaired) electrons. The molecule has 0 unspecified atom stereocenters. The first-order valence-corrected chi connectivity index (χ1v) is 8.88. The van der Waals surface area contributed by atoms with E-state index in [9.17, 15) is 9.59 Å². The van der Waals surface area contributed by atoms with Gasteiger partial charge in [0.15, 0.2) is 6.61 Å². The number of aryl methyl sites for hydroxylation is 2. The van der Waals surface area contributed by atoms with Crippen molar-refractivity contribution in [2.45, 2.75) is 20.8 Å². The Bertz CT molecular complexity index is 1040. The highest BCUT2D eigenvalue weighted by Crippen LogP contribution is 2.29. The molecule has 2 aromatic carbocycles. The minimum Gasteiger partial charge on any atom is -0.483 e. The summed E-state index contributed by atoms with van der Waals surface area (Å²) in [5.74, 6) is 0.239. The highest BCUT2D eigenvalue weighted by Gasteiger charge is 2.13. The van der Waals surface area contributed by atoms with Crippen LogP contribution in [-0.4, -0.2) is 12.5 Å². The van der Waals surface area contributed by atoms with E-state index in [4.69, 9.17) is 9.15 Å². The van der Waals surface area contributed by atoms with Gasteiger partial charge in [-0.1, -0.05) is 15.9 Å². The zero-order valence-corrected chi connectivity index (χ0v) is 16.3. The van der Waals surface area contributed by atoms with Gasteiger partial charge in [-0.2, -0.15) is 0 Å². The summed E-state index contributed by atoms with van der Waals surface area (Å²) in [5.41, 5.74) is 3.00. The Morgan fingerprint density at radius 2 is 1.73 bits per heavy atom. The molecule has 26 heavy (non-hydrogen) atoms. The number of rotatable bonds is 4. The summed E-state index contributed by atoms with van der Waals surface area (Å²) in [6.07, 6.45) is 0. The molecule has 5 nitrogen and oxygen atoms in total. The summed E-state index contributed by atoms with van der Waals surface area (Å²) in [7, 11) is 0. The van der Waals surface area contributed by atoms with E-state index in [1.165, 1.54) is 0 Å². The SMILES string of the molecule is Cc1c(C)c2ccc(OCC(=O)Nc3ccc(Br)cc3)c(C)c2oc1=O. The molecular weight excluding hydrogens is 398 g/mol. The standard InChI is InChI=1S/C20H18BrNO4/c1-11-12(2)20(24)26-19-13(3)17(9-8-16(11)19)25-10-18(23)22-15-6-4-14(21)5-7-15/h4-9H,10H2,1-3H3,(H,22,23). The van der Waals surface area contributed by atoms with Crippen molar-refractivity contribution in [1.29, 1.82) is 0 Å². The van der Waals surface area contributed by atoms with Crippen LogP contribution in [-0.2, 0) is 4.79 Å². The van der Waals surface area contributed by atoms with Crippen LogP contribution in [0.4, 0.5) is 5.69 Å². The molecule has 0 aliphatic heterocycles. The van der Waals surface area contributed by atoms with Crippen molar-refractivity contribution >= 4 is 38.5 Å². The molecule has 0 bridgehead atoms. The number of halogens is 1. The van der Waals surface area contributed by atoms with E-state index < -0.39 is 0 Å². The summed E-state index contributed by atoms with van der Waals surface area (Å²) < 4.78 is 12.0. The van der Waals surface area contributed by atoms with Crippen LogP contribution in [0.1, 0.15) is 16.7 Å². The number of hydrogen-bond donors (Lipinski definition) is 1. The van der Waals surface area contributed by atoms with E-state index in [0.717, 1.165) is 15.4 Å². The Morgan fingerprint density at radius 3 is 2.42 bits per heavy atom. The summed E-state index contributed by atoms with van der Waals surface area (Å²) in [4.78, 5) is 24.0. The first-order chi connectivity index (χ1) is 12.4. The van der Waals surface area contributed by atoms with Gasteiger partial charge in [0.25, 0.3) is 5.91 Å². The molecule has 1 aromatic heterocycles. The maximum atomic E-state index is 12.1. The van der Waals surface area contributed by atoms with Gasteiger partial charge in [0.2, 0.25) is 0 Å². The van der Waals surface area contributed by atoms with Gasteiger partial charge in [-0.15, -0.1) is 0 Å². The molecule has 3 rings (SSSR count). The first-order valence-electron chi connectivity index (χ1n) is 8.08. The van der Waals surface area contributed by atoms with Crippen LogP contribution in [0.25, 0.3) is 11.0 Å². The van der Waals surface area contributed by atoms with Crippen molar-refractivity contribution in [2.24, 2.45) is 0 Å². The summed E-state index contributed by atoms with van der Waals surface area (Å²) in [6, 6.07) is 10.9. The van der Waals surface area contributed by atoms with Crippen LogP contribution in [0, 0.1) is 20.8 Å². The fourth-order valence-corrected chi connectivity index (χ4v) is 2.92. The minimum absolute atomic E-state index is 0.141. The zero-order chi connectivity index (χ0) is 18.8. The molecule has 1 N–H and O–H groups in total. The highest BCUT2D eigenvalue weighted by atomic mass is 79.9. The number of amides is 1. The van der Waals surface area contributed by atoms with Gasteiger partial charge in [-0.25, -0.2) is 4.79 Å². The van der Waals surface area contributed by atoms with E-state index in [-0.39, 0.29) is 18.1 Å². The topological polar surface area (TPSA) is 68.5 Å². The van der Waals surface area contributed by atoms with Gasteiger partial charge in [-0.3, -0.25) is 4.79 Å². The average Bonchev–Trinajstić information content (AvgIpc) is 2.62. The third-order valence-electron chi connectivity index (χ3n) is 4.31. The van der Waals surface area contributed by atoms with E-state index in [1.54, 1.807) is 25.1 Å². The molecule has 6 heteroatoms.